The molecular formula is C31H35N3O5S. The fourth-order valence-corrected chi connectivity index (χ4v) is 6.17. The van der Waals surface area contributed by atoms with Crippen LogP contribution in [-0.2, 0) is 14.6 Å². The first-order valence-corrected chi connectivity index (χ1v) is 15.5. The summed E-state index contributed by atoms with van der Waals surface area (Å²) in [5, 5.41) is 6.43. The zero-order chi connectivity index (χ0) is 28.1. The summed E-state index contributed by atoms with van der Waals surface area (Å²) in [6.07, 6.45) is 1.44. The third kappa shape index (κ3) is 7.28. The van der Waals surface area contributed by atoms with Crippen LogP contribution in [0.15, 0.2) is 78.9 Å². The van der Waals surface area contributed by atoms with Crippen molar-refractivity contribution in [1.82, 2.24) is 15.5 Å². The molecule has 0 radical (unpaired) electrons. The number of hydrogen-bond donors (Lipinski definition) is 2. The van der Waals surface area contributed by atoms with Crippen LogP contribution in [0.25, 0.3) is 0 Å². The van der Waals surface area contributed by atoms with E-state index in [2.05, 4.69) is 41.8 Å². The first-order chi connectivity index (χ1) is 19.3. The predicted octanol–water partition coefficient (Wildman–Crippen LogP) is 3.68. The number of hydrogen-bond acceptors (Lipinski definition) is 6. The number of carbonyl (C=O) groups excluding carboxylic acids is 2. The molecule has 2 amide bonds. The average Bonchev–Trinajstić information content (AvgIpc) is 3.73. The normalized spacial score (nSPS) is 20.4. The van der Waals surface area contributed by atoms with Gasteiger partial charge in [-0.15, -0.1) is 0 Å². The largest absolute Gasteiger partial charge is 0.457 e. The SMILES string of the molecule is Cc1ccc([C@@H]2C[C@H]2NCC[C@H](NC(=O)c2ccc(Oc3ccccc3)cc2)C(=O)N2CCS(=O)(=O)CC2)cc1. The molecule has 2 N–H and O–H groups in total. The second-order valence-electron chi connectivity index (χ2n) is 10.5. The highest BCUT2D eigenvalue weighted by Gasteiger charge is 2.38. The average molecular weight is 562 g/mol. The number of amides is 2. The molecule has 1 saturated heterocycles. The zero-order valence-electron chi connectivity index (χ0n) is 22.6. The molecule has 0 unspecified atom stereocenters. The summed E-state index contributed by atoms with van der Waals surface area (Å²) >= 11 is 0. The molecule has 0 aromatic heterocycles. The summed E-state index contributed by atoms with van der Waals surface area (Å²) < 4.78 is 29.6. The van der Waals surface area contributed by atoms with Crippen LogP contribution in [0.1, 0.15) is 40.2 Å². The predicted molar refractivity (Wildman–Crippen MR) is 154 cm³/mol. The van der Waals surface area contributed by atoms with Crippen LogP contribution in [0.5, 0.6) is 11.5 Å². The van der Waals surface area contributed by atoms with Crippen LogP contribution < -0.4 is 15.4 Å². The molecule has 8 nitrogen and oxygen atoms in total. The lowest BCUT2D eigenvalue weighted by atomic mass is 10.1. The Bertz CT molecular complexity index is 1410. The standard InChI is InChI=1S/C31H35N3O5S/c1-22-7-9-23(10-8-22)27-21-29(27)32-16-15-28(31(36)34-17-19-40(37,38)20-18-34)33-30(35)24-11-13-26(14-12-24)39-25-5-3-2-4-6-25/h2-14,27-29,32H,15-21H2,1H3,(H,33,35)/t27-,28-,29+/m0/s1. The van der Waals surface area contributed by atoms with Crippen molar-refractivity contribution in [3.8, 4) is 11.5 Å². The van der Waals surface area contributed by atoms with E-state index in [0.29, 0.717) is 42.0 Å². The van der Waals surface area contributed by atoms with Crippen LogP contribution in [0.4, 0.5) is 0 Å². The lowest BCUT2D eigenvalue weighted by Gasteiger charge is -2.30. The third-order valence-electron chi connectivity index (χ3n) is 7.49. The molecular weight excluding hydrogens is 526 g/mol. The number of benzene rings is 3. The Morgan fingerprint density at radius 3 is 2.25 bits per heavy atom. The van der Waals surface area contributed by atoms with Gasteiger partial charge in [0.15, 0.2) is 9.84 Å². The van der Waals surface area contributed by atoms with Crippen LogP contribution in [0.2, 0.25) is 0 Å². The Morgan fingerprint density at radius 1 is 0.925 bits per heavy atom. The van der Waals surface area contributed by atoms with E-state index in [0.717, 1.165) is 6.42 Å². The smallest absolute Gasteiger partial charge is 0.251 e. The number of ether oxygens (including phenoxy) is 1. The summed E-state index contributed by atoms with van der Waals surface area (Å²) in [5.74, 6) is 1.02. The Hall–Kier alpha value is -3.69. The molecule has 9 heteroatoms. The summed E-state index contributed by atoms with van der Waals surface area (Å²) in [7, 11) is -3.13. The quantitative estimate of drug-likeness (QED) is 0.391. The van der Waals surface area contributed by atoms with Gasteiger partial charge < -0.3 is 20.3 Å². The number of rotatable bonds is 10. The Labute approximate surface area is 235 Å². The van der Waals surface area contributed by atoms with Gasteiger partial charge in [0.2, 0.25) is 5.91 Å². The molecule has 3 aromatic carbocycles. The molecule has 1 heterocycles. The van der Waals surface area contributed by atoms with Gasteiger partial charge in [-0.3, -0.25) is 9.59 Å². The maximum Gasteiger partial charge on any atom is 0.251 e. The summed E-state index contributed by atoms with van der Waals surface area (Å²) in [4.78, 5) is 28.1. The Morgan fingerprint density at radius 2 is 1.57 bits per heavy atom. The number of carbonyl (C=O) groups is 2. The molecule has 210 valence electrons. The lowest BCUT2D eigenvalue weighted by molar-refractivity contribution is -0.133. The van der Waals surface area contributed by atoms with E-state index in [-0.39, 0.29) is 36.4 Å². The fraction of sp³-hybridized carbons (Fsp3) is 0.355. The van der Waals surface area contributed by atoms with E-state index in [4.69, 9.17) is 4.74 Å². The molecule has 0 bridgehead atoms. The fourth-order valence-electron chi connectivity index (χ4n) is 4.97. The molecule has 1 aliphatic carbocycles. The number of nitrogens with zero attached hydrogens (tertiary/aromatic N) is 1. The lowest BCUT2D eigenvalue weighted by Crippen LogP contribution is -2.53. The zero-order valence-corrected chi connectivity index (χ0v) is 23.4. The number of aryl methyl sites for hydroxylation is 1. The minimum Gasteiger partial charge on any atom is -0.457 e. The van der Waals surface area contributed by atoms with Crippen molar-refractivity contribution in [2.45, 2.75) is 37.8 Å². The molecule has 40 heavy (non-hydrogen) atoms. The number of nitrogens with one attached hydrogen (secondary N) is 2. The molecule has 3 aromatic rings. The van der Waals surface area contributed by atoms with E-state index in [1.807, 2.05) is 30.3 Å². The number of para-hydroxylation sites is 1. The van der Waals surface area contributed by atoms with E-state index >= 15 is 0 Å². The van der Waals surface area contributed by atoms with Crippen molar-refractivity contribution in [3.63, 3.8) is 0 Å². The molecule has 3 atom stereocenters. The van der Waals surface area contributed by atoms with E-state index in [9.17, 15) is 18.0 Å². The van der Waals surface area contributed by atoms with Gasteiger partial charge in [0.05, 0.1) is 11.5 Å². The van der Waals surface area contributed by atoms with Crippen molar-refractivity contribution < 1.29 is 22.7 Å². The van der Waals surface area contributed by atoms with Gasteiger partial charge in [-0.2, -0.15) is 0 Å². The number of sulfone groups is 1. The van der Waals surface area contributed by atoms with Crippen LogP contribution >= 0.6 is 0 Å². The van der Waals surface area contributed by atoms with Gasteiger partial charge in [0, 0.05) is 30.6 Å². The van der Waals surface area contributed by atoms with Gasteiger partial charge in [-0.05, 0) is 68.3 Å². The maximum absolute atomic E-state index is 13.4. The van der Waals surface area contributed by atoms with Gasteiger partial charge in [0.25, 0.3) is 5.91 Å². The highest BCUT2D eigenvalue weighted by Crippen LogP contribution is 2.40. The summed E-state index contributed by atoms with van der Waals surface area (Å²) in [6, 6.07) is 24.3. The molecule has 2 fully saturated rings. The van der Waals surface area contributed by atoms with Crippen molar-refractivity contribution in [2.75, 3.05) is 31.1 Å². The first kappa shape index (κ1) is 27.9. The minimum absolute atomic E-state index is 0.0547. The highest BCUT2D eigenvalue weighted by molar-refractivity contribution is 7.91. The molecule has 1 saturated carbocycles. The van der Waals surface area contributed by atoms with E-state index in [1.165, 1.54) is 11.1 Å². The maximum atomic E-state index is 13.4. The Kier molecular flexibility index (Phi) is 8.52. The van der Waals surface area contributed by atoms with E-state index < -0.39 is 15.9 Å². The summed E-state index contributed by atoms with van der Waals surface area (Å²) in [6.45, 7) is 2.91. The minimum atomic E-state index is -3.13. The van der Waals surface area contributed by atoms with Crippen molar-refractivity contribution in [1.29, 1.82) is 0 Å². The second kappa shape index (κ2) is 12.2. The monoisotopic (exact) mass is 561 g/mol. The first-order valence-electron chi connectivity index (χ1n) is 13.7. The highest BCUT2D eigenvalue weighted by atomic mass is 32.2. The molecule has 2 aliphatic rings. The van der Waals surface area contributed by atoms with E-state index in [1.54, 1.807) is 29.2 Å². The van der Waals surface area contributed by atoms with Gasteiger partial charge in [0.1, 0.15) is 17.5 Å². The van der Waals surface area contributed by atoms with Crippen LogP contribution in [0, 0.1) is 6.92 Å². The topological polar surface area (TPSA) is 105 Å². The Balaban J connectivity index is 1.20. The van der Waals surface area contributed by atoms with Crippen molar-refractivity contribution >= 4 is 21.7 Å². The van der Waals surface area contributed by atoms with Crippen LogP contribution in [-0.4, -0.2) is 68.4 Å². The molecule has 5 rings (SSSR count). The van der Waals surface area contributed by atoms with Gasteiger partial charge >= 0.3 is 0 Å². The molecule has 1 aliphatic heterocycles. The second-order valence-corrected chi connectivity index (χ2v) is 12.8. The third-order valence-corrected chi connectivity index (χ3v) is 9.10. The summed E-state index contributed by atoms with van der Waals surface area (Å²) in [5.41, 5.74) is 2.95. The van der Waals surface area contributed by atoms with Gasteiger partial charge in [-0.1, -0.05) is 48.0 Å². The van der Waals surface area contributed by atoms with Crippen molar-refractivity contribution in [3.05, 3.63) is 95.6 Å². The van der Waals surface area contributed by atoms with Gasteiger partial charge in [-0.25, -0.2) is 8.42 Å². The van der Waals surface area contributed by atoms with Crippen LogP contribution in [0.3, 0.4) is 0 Å². The van der Waals surface area contributed by atoms with Crippen molar-refractivity contribution in [2.24, 2.45) is 0 Å². The molecule has 0 spiro atoms.